The van der Waals surface area contributed by atoms with Crippen LogP contribution in [-0.4, -0.2) is 54.8 Å². The standard InChI is InChI=1S/C10H20N2O2S.ClH/c1-3-12(5-6-14-4-2)10(13)9-7-15-8-11-9;/h9,11H,3-8H2,1-2H3;1H. The van der Waals surface area contributed by atoms with Crippen LogP contribution in [0.3, 0.4) is 0 Å². The summed E-state index contributed by atoms with van der Waals surface area (Å²) in [5.74, 6) is 1.99. The van der Waals surface area contributed by atoms with E-state index in [9.17, 15) is 4.79 Å². The molecule has 0 radical (unpaired) electrons. The Hall–Kier alpha value is 0.0300. The van der Waals surface area contributed by atoms with Crippen molar-refractivity contribution in [2.24, 2.45) is 0 Å². The van der Waals surface area contributed by atoms with Crippen molar-refractivity contribution in [1.29, 1.82) is 0 Å². The van der Waals surface area contributed by atoms with Gasteiger partial charge in [0.2, 0.25) is 5.91 Å². The van der Waals surface area contributed by atoms with Gasteiger partial charge in [-0.2, -0.15) is 0 Å². The molecule has 0 saturated carbocycles. The van der Waals surface area contributed by atoms with Crippen LogP contribution in [0.15, 0.2) is 0 Å². The number of hydrogen-bond donors (Lipinski definition) is 1. The van der Waals surface area contributed by atoms with Crippen molar-refractivity contribution in [2.45, 2.75) is 19.9 Å². The van der Waals surface area contributed by atoms with Crippen molar-refractivity contribution in [3.8, 4) is 0 Å². The largest absolute Gasteiger partial charge is 0.380 e. The quantitative estimate of drug-likeness (QED) is 0.729. The molecule has 1 saturated heterocycles. The minimum atomic E-state index is 0. The Labute approximate surface area is 108 Å². The lowest BCUT2D eigenvalue weighted by molar-refractivity contribution is -0.133. The van der Waals surface area contributed by atoms with Crippen LogP contribution in [0.25, 0.3) is 0 Å². The molecule has 0 aromatic heterocycles. The molecule has 1 amide bonds. The number of nitrogens with zero attached hydrogens (tertiary/aromatic N) is 1. The van der Waals surface area contributed by atoms with Crippen molar-refractivity contribution in [3.05, 3.63) is 0 Å². The molecular weight excluding hydrogens is 248 g/mol. The van der Waals surface area contributed by atoms with Crippen LogP contribution in [0, 0.1) is 0 Å². The van der Waals surface area contributed by atoms with E-state index in [1.165, 1.54) is 0 Å². The Morgan fingerprint density at radius 1 is 1.56 bits per heavy atom. The van der Waals surface area contributed by atoms with Gasteiger partial charge in [-0.3, -0.25) is 10.1 Å². The molecular formula is C10H21ClN2O2S. The summed E-state index contributed by atoms with van der Waals surface area (Å²) in [7, 11) is 0. The van der Waals surface area contributed by atoms with E-state index in [1.807, 2.05) is 18.7 Å². The predicted molar refractivity (Wildman–Crippen MR) is 70.2 cm³/mol. The number of hydrogen-bond acceptors (Lipinski definition) is 4. The Bertz CT molecular complexity index is 201. The SMILES string of the molecule is CCOCCN(CC)C(=O)C1CSCN1.Cl. The lowest BCUT2D eigenvalue weighted by Gasteiger charge is -2.23. The van der Waals surface area contributed by atoms with Gasteiger partial charge in [-0.1, -0.05) is 0 Å². The minimum Gasteiger partial charge on any atom is -0.380 e. The highest BCUT2D eigenvalue weighted by atomic mass is 35.5. The maximum absolute atomic E-state index is 12.0. The summed E-state index contributed by atoms with van der Waals surface area (Å²) >= 11 is 1.78. The first-order chi connectivity index (χ1) is 7.29. The van der Waals surface area contributed by atoms with E-state index in [-0.39, 0.29) is 24.4 Å². The molecule has 0 aromatic carbocycles. The van der Waals surface area contributed by atoms with E-state index >= 15 is 0 Å². The predicted octanol–water partition coefficient (Wildman–Crippen LogP) is 0.956. The third-order valence-corrected chi connectivity index (χ3v) is 3.36. The number of ether oxygens (including phenoxy) is 1. The fraction of sp³-hybridized carbons (Fsp3) is 0.900. The van der Waals surface area contributed by atoms with Gasteiger partial charge in [0.1, 0.15) is 0 Å². The molecule has 6 heteroatoms. The smallest absolute Gasteiger partial charge is 0.240 e. The molecule has 16 heavy (non-hydrogen) atoms. The van der Waals surface area contributed by atoms with Gasteiger partial charge in [-0.15, -0.1) is 24.2 Å². The van der Waals surface area contributed by atoms with Crippen molar-refractivity contribution < 1.29 is 9.53 Å². The molecule has 4 nitrogen and oxygen atoms in total. The van der Waals surface area contributed by atoms with E-state index in [1.54, 1.807) is 11.8 Å². The molecule has 1 unspecified atom stereocenters. The van der Waals surface area contributed by atoms with Crippen molar-refractivity contribution in [2.75, 3.05) is 37.9 Å². The van der Waals surface area contributed by atoms with E-state index < -0.39 is 0 Å². The summed E-state index contributed by atoms with van der Waals surface area (Å²) in [6, 6.07) is 0.0107. The van der Waals surface area contributed by atoms with Gasteiger partial charge in [-0.05, 0) is 13.8 Å². The van der Waals surface area contributed by atoms with Gasteiger partial charge in [0.05, 0.1) is 12.6 Å². The van der Waals surface area contributed by atoms with Gasteiger partial charge in [-0.25, -0.2) is 0 Å². The maximum atomic E-state index is 12.0. The second-order valence-electron chi connectivity index (χ2n) is 3.39. The maximum Gasteiger partial charge on any atom is 0.240 e. The highest BCUT2D eigenvalue weighted by molar-refractivity contribution is 7.99. The zero-order chi connectivity index (χ0) is 11.1. The van der Waals surface area contributed by atoms with E-state index in [0.717, 1.165) is 18.2 Å². The van der Waals surface area contributed by atoms with E-state index in [4.69, 9.17) is 4.74 Å². The molecule has 0 aromatic rings. The molecule has 1 N–H and O–H groups in total. The van der Waals surface area contributed by atoms with Crippen LogP contribution in [0.5, 0.6) is 0 Å². The first-order valence-corrected chi connectivity index (χ1v) is 6.62. The topological polar surface area (TPSA) is 41.6 Å². The Kier molecular flexibility index (Phi) is 9.12. The highest BCUT2D eigenvalue weighted by Gasteiger charge is 2.26. The molecule has 1 heterocycles. The average molecular weight is 269 g/mol. The molecule has 1 rings (SSSR count). The number of amides is 1. The number of likely N-dealkylation sites (N-methyl/N-ethyl adjacent to an activating group) is 1. The number of carbonyl (C=O) groups excluding carboxylic acids is 1. The van der Waals surface area contributed by atoms with Gasteiger partial charge >= 0.3 is 0 Å². The molecule has 1 aliphatic rings. The average Bonchev–Trinajstić information content (AvgIpc) is 2.77. The van der Waals surface area contributed by atoms with Crippen LogP contribution in [0.2, 0.25) is 0 Å². The molecule has 1 aliphatic heterocycles. The Morgan fingerprint density at radius 2 is 2.31 bits per heavy atom. The van der Waals surface area contributed by atoms with Crippen LogP contribution in [0.4, 0.5) is 0 Å². The molecule has 0 bridgehead atoms. The third kappa shape index (κ3) is 4.91. The number of carbonyl (C=O) groups is 1. The molecule has 0 aliphatic carbocycles. The number of halogens is 1. The van der Waals surface area contributed by atoms with Crippen molar-refractivity contribution in [1.82, 2.24) is 10.2 Å². The summed E-state index contributed by atoms with van der Waals surface area (Å²) in [5.41, 5.74) is 0. The fourth-order valence-corrected chi connectivity index (χ4v) is 2.45. The van der Waals surface area contributed by atoms with Crippen LogP contribution in [0.1, 0.15) is 13.8 Å². The zero-order valence-electron chi connectivity index (χ0n) is 9.90. The second-order valence-corrected chi connectivity index (χ2v) is 4.42. The second kappa shape index (κ2) is 9.10. The first kappa shape index (κ1) is 16.0. The number of nitrogens with one attached hydrogen (secondary N) is 1. The van der Waals surface area contributed by atoms with Crippen molar-refractivity contribution in [3.63, 3.8) is 0 Å². The highest BCUT2D eigenvalue weighted by Crippen LogP contribution is 2.11. The molecule has 0 spiro atoms. The Morgan fingerprint density at radius 3 is 2.81 bits per heavy atom. The van der Waals surface area contributed by atoms with Crippen LogP contribution < -0.4 is 5.32 Å². The molecule has 96 valence electrons. The van der Waals surface area contributed by atoms with Gasteiger partial charge in [0.25, 0.3) is 0 Å². The summed E-state index contributed by atoms with van der Waals surface area (Å²) in [6.45, 7) is 6.78. The monoisotopic (exact) mass is 268 g/mol. The summed E-state index contributed by atoms with van der Waals surface area (Å²) in [5, 5.41) is 3.19. The zero-order valence-corrected chi connectivity index (χ0v) is 11.5. The van der Waals surface area contributed by atoms with Crippen LogP contribution >= 0.6 is 24.2 Å². The first-order valence-electron chi connectivity index (χ1n) is 5.47. The lowest BCUT2D eigenvalue weighted by Crippen LogP contribution is -2.46. The normalized spacial score (nSPS) is 19.2. The summed E-state index contributed by atoms with van der Waals surface area (Å²) in [6.07, 6.45) is 0. The van der Waals surface area contributed by atoms with Crippen molar-refractivity contribution >= 4 is 30.1 Å². The summed E-state index contributed by atoms with van der Waals surface area (Å²) < 4.78 is 5.26. The van der Waals surface area contributed by atoms with Gasteiger partial charge in [0, 0.05) is 31.3 Å². The molecule has 1 atom stereocenters. The molecule has 1 fully saturated rings. The minimum absolute atomic E-state index is 0. The van der Waals surface area contributed by atoms with E-state index in [0.29, 0.717) is 19.8 Å². The number of thioether (sulfide) groups is 1. The van der Waals surface area contributed by atoms with E-state index in [2.05, 4.69) is 5.32 Å². The third-order valence-electron chi connectivity index (χ3n) is 2.42. The Balaban J connectivity index is 0.00000225. The van der Waals surface area contributed by atoms with Crippen LogP contribution in [-0.2, 0) is 9.53 Å². The summed E-state index contributed by atoms with van der Waals surface area (Å²) in [4.78, 5) is 13.8. The van der Waals surface area contributed by atoms with Gasteiger partial charge < -0.3 is 9.64 Å². The van der Waals surface area contributed by atoms with Gasteiger partial charge in [0.15, 0.2) is 0 Å². The fourth-order valence-electron chi connectivity index (χ4n) is 1.52. The number of rotatable bonds is 6. The lowest BCUT2D eigenvalue weighted by atomic mass is 10.3.